The normalized spacial score (nSPS) is 10.9. The molecule has 0 spiro atoms. The zero-order valence-electron chi connectivity index (χ0n) is 12.8. The van der Waals surface area contributed by atoms with E-state index < -0.39 is 0 Å². The fraction of sp³-hybridized carbons (Fsp3) is 0.0625. The lowest BCUT2D eigenvalue weighted by molar-refractivity contribution is -0.116. The van der Waals surface area contributed by atoms with E-state index in [0.29, 0.717) is 27.6 Å². The van der Waals surface area contributed by atoms with Gasteiger partial charge in [0.25, 0.3) is 0 Å². The van der Waals surface area contributed by atoms with Crippen LogP contribution in [0.25, 0.3) is 22.4 Å². The van der Waals surface area contributed by atoms with Crippen molar-refractivity contribution in [3.8, 4) is 11.3 Å². The van der Waals surface area contributed by atoms with Crippen molar-refractivity contribution in [3.05, 3.63) is 54.3 Å². The van der Waals surface area contributed by atoms with Crippen LogP contribution < -0.4 is 5.32 Å². The molecule has 0 aliphatic heterocycles. The zero-order valence-corrected chi connectivity index (χ0v) is 13.6. The molecule has 0 radical (unpaired) electrons. The van der Waals surface area contributed by atoms with Crippen LogP contribution in [0.5, 0.6) is 0 Å². The number of aromatic nitrogens is 5. The van der Waals surface area contributed by atoms with Crippen LogP contribution in [0, 0.1) is 5.82 Å². The van der Waals surface area contributed by atoms with Gasteiger partial charge in [-0.1, -0.05) is 12.1 Å². The Morgan fingerprint density at radius 1 is 1.32 bits per heavy atom. The molecule has 7 nitrogen and oxygen atoms in total. The molecule has 124 valence electrons. The van der Waals surface area contributed by atoms with Crippen molar-refractivity contribution in [2.75, 3.05) is 5.32 Å². The van der Waals surface area contributed by atoms with E-state index >= 15 is 0 Å². The van der Waals surface area contributed by atoms with Crippen molar-refractivity contribution < 1.29 is 9.18 Å². The van der Waals surface area contributed by atoms with Crippen LogP contribution >= 0.6 is 11.3 Å². The van der Waals surface area contributed by atoms with Crippen LogP contribution in [0.3, 0.4) is 0 Å². The van der Waals surface area contributed by atoms with Crippen LogP contribution in [-0.2, 0) is 11.3 Å². The van der Waals surface area contributed by atoms with Crippen molar-refractivity contribution in [1.29, 1.82) is 0 Å². The molecule has 1 amide bonds. The van der Waals surface area contributed by atoms with Gasteiger partial charge in [-0.05, 0) is 12.1 Å². The maximum atomic E-state index is 13.3. The van der Waals surface area contributed by atoms with E-state index in [1.54, 1.807) is 34.6 Å². The van der Waals surface area contributed by atoms with Crippen LogP contribution in [0.15, 0.2) is 48.5 Å². The van der Waals surface area contributed by atoms with E-state index in [1.165, 1.54) is 29.8 Å². The van der Waals surface area contributed by atoms with Gasteiger partial charge in [-0.25, -0.2) is 24.3 Å². The molecule has 0 unspecified atom stereocenters. The van der Waals surface area contributed by atoms with Gasteiger partial charge in [0.05, 0.1) is 18.2 Å². The van der Waals surface area contributed by atoms with E-state index in [9.17, 15) is 9.18 Å². The smallest absolute Gasteiger partial charge is 0.246 e. The van der Waals surface area contributed by atoms with Gasteiger partial charge in [0.2, 0.25) is 5.91 Å². The van der Waals surface area contributed by atoms with Crippen molar-refractivity contribution in [1.82, 2.24) is 24.5 Å². The number of carbonyl (C=O) groups excluding carboxylic acids is 1. The van der Waals surface area contributed by atoms with Gasteiger partial charge >= 0.3 is 0 Å². The Kier molecular flexibility index (Phi) is 3.90. The van der Waals surface area contributed by atoms with E-state index in [4.69, 9.17) is 0 Å². The summed E-state index contributed by atoms with van der Waals surface area (Å²) in [5, 5.41) is 4.95. The zero-order chi connectivity index (χ0) is 17.2. The van der Waals surface area contributed by atoms with Gasteiger partial charge in [-0.15, -0.1) is 11.3 Å². The van der Waals surface area contributed by atoms with E-state index in [0.717, 1.165) is 0 Å². The Hall–Kier alpha value is -3.20. The first kappa shape index (κ1) is 15.3. The fourth-order valence-electron chi connectivity index (χ4n) is 2.36. The summed E-state index contributed by atoms with van der Waals surface area (Å²) in [6.45, 7) is 0.0682. The number of hydrogen-bond donors (Lipinski definition) is 1. The Morgan fingerprint density at radius 2 is 2.24 bits per heavy atom. The summed E-state index contributed by atoms with van der Waals surface area (Å²) in [5.74, 6) is -0.575. The average Bonchev–Trinajstić information content (AvgIpc) is 3.23. The molecule has 25 heavy (non-hydrogen) atoms. The Balaban J connectivity index is 1.48. The fourth-order valence-corrected chi connectivity index (χ4v) is 3.09. The summed E-state index contributed by atoms with van der Waals surface area (Å²) in [4.78, 5) is 28.6. The number of nitrogens with zero attached hydrogens (tertiary/aromatic N) is 5. The second-order valence-corrected chi connectivity index (χ2v) is 6.06. The first-order valence-corrected chi connectivity index (χ1v) is 8.19. The third-order valence-electron chi connectivity index (χ3n) is 3.49. The molecule has 1 N–H and O–H groups in total. The molecule has 4 aromatic rings. The number of fused-ring (bicyclic) bond motifs is 1. The van der Waals surface area contributed by atoms with Crippen LogP contribution in [-0.4, -0.2) is 30.4 Å². The average molecular weight is 354 g/mol. The lowest BCUT2D eigenvalue weighted by atomic mass is 10.2. The third-order valence-corrected chi connectivity index (χ3v) is 4.24. The number of halogens is 1. The Morgan fingerprint density at radius 3 is 3.12 bits per heavy atom. The number of rotatable bonds is 4. The molecule has 0 bridgehead atoms. The van der Waals surface area contributed by atoms with Gasteiger partial charge in [0, 0.05) is 10.9 Å². The lowest BCUT2D eigenvalue weighted by Crippen LogP contribution is -2.18. The highest BCUT2D eigenvalue weighted by molar-refractivity contribution is 7.14. The molecular weight excluding hydrogens is 343 g/mol. The summed E-state index contributed by atoms with van der Waals surface area (Å²) < 4.78 is 15.0. The number of benzene rings is 1. The summed E-state index contributed by atoms with van der Waals surface area (Å²) in [6.07, 6.45) is 4.55. The van der Waals surface area contributed by atoms with Gasteiger partial charge in [0.15, 0.2) is 10.8 Å². The molecule has 0 saturated heterocycles. The number of amides is 1. The molecular formula is C16H11FN6OS. The van der Waals surface area contributed by atoms with Crippen LogP contribution in [0.2, 0.25) is 0 Å². The summed E-state index contributed by atoms with van der Waals surface area (Å²) in [5.41, 5.74) is 2.48. The maximum Gasteiger partial charge on any atom is 0.246 e. The molecule has 0 fully saturated rings. The minimum Gasteiger partial charge on any atom is -0.318 e. The van der Waals surface area contributed by atoms with Crippen molar-refractivity contribution in [2.24, 2.45) is 0 Å². The Bertz CT molecular complexity index is 1060. The highest BCUT2D eigenvalue weighted by atomic mass is 32.1. The first-order valence-electron chi connectivity index (χ1n) is 7.31. The van der Waals surface area contributed by atoms with Crippen LogP contribution in [0.1, 0.15) is 0 Å². The SMILES string of the molecule is O=C(Cn1cnc2ncncc21)Nc1nc(-c2cccc(F)c2)cs1. The predicted octanol–water partition coefficient (Wildman–Crippen LogP) is 2.73. The Labute approximate surface area is 145 Å². The van der Waals surface area contributed by atoms with E-state index in [2.05, 4.69) is 25.3 Å². The second-order valence-electron chi connectivity index (χ2n) is 5.20. The van der Waals surface area contributed by atoms with Gasteiger partial charge < -0.3 is 9.88 Å². The number of anilines is 1. The topological polar surface area (TPSA) is 85.6 Å². The summed E-state index contributed by atoms with van der Waals surface area (Å²) in [6, 6.07) is 6.16. The number of imidazole rings is 1. The molecule has 0 atom stereocenters. The molecule has 1 aromatic carbocycles. The minimum atomic E-state index is -0.328. The van der Waals surface area contributed by atoms with Crippen LogP contribution in [0.4, 0.5) is 9.52 Å². The molecule has 3 aromatic heterocycles. The molecule has 3 heterocycles. The highest BCUT2D eigenvalue weighted by Crippen LogP contribution is 2.25. The largest absolute Gasteiger partial charge is 0.318 e. The second kappa shape index (κ2) is 6.36. The quantitative estimate of drug-likeness (QED) is 0.609. The van der Waals surface area contributed by atoms with E-state index in [-0.39, 0.29) is 18.3 Å². The monoisotopic (exact) mass is 354 g/mol. The maximum absolute atomic E-state index is 13.3. The molecule has 0 aliphatic carbocycles. The molecule has 0 aliphatic rings. The van der Waals surface area contributed by atoms with Gasteiger partial charge in [0.1, 0.15) is 24.2 Å². The van der Waals surface area contributed by atoms with Gasteiger partial charge in [-0.2, -0.15) is 0 Å². The van der Waals surface area contributed by atoms with Gasteiger partial charge in [-0.3, -0.25) is 4.79 Å². The summed E-state index contributed by atoms with van der Waals surface area (Å²) >= 11 is 1.28. The first-order chi connectivity index (χ1) is 12.2. The molecule has 9 heteroatoms. The third kappa shape index (κ3) is 3.22. The number of hydrogen-bond acceptors (Lipinski definition) is 6. The van der Waals surface area contributed by atoms with E-state index in [1.807, 2.05) is 0 Å². The van der Waals surface area contributed by atoms with Crippen molar-refractivity contribution in [2.45, 2.75) is 6.54 Å². The van der Waals surface area contributed by atoms with Crippen molar-refractivity contribution >= 4 is 33.5 Å². The summed E-state index contributed by atoms with van der Waals surface area (Å²) in [7, 11) is 0. The molecule has 0 saturated carbocycles. The standard InChI is InChI=1S/C16H11FN6OS/c17-11-3-1-2-10(4-11)12-7-25-16(21-12)22-14(24)6-23-9-20-15-13(23)5-18-8-19-15/h1-5,7-9H,6H2,(H,21,22,24). The minimum absolute atomic E-state index is 0.0682. The predicted molar refractivity (Wildman–Crippen MR) is 91.5 cm³/mol. The number of thiazole rings is 1. The number of nitrogens with one attached hydrogen (secondary N) is 1. The number of carbonyl (C=O) groups is 1. The van der Waals surface area contributed by atoms with Crippen molar-refractivity contribution in [3.63, 3.8) is 0 Å². The molecule has 4 rings (SSSR count). The lowest BCUT2D eigenvalue weighted by Gasteiger charge is -2.03. The highest BCUT2D eigenvalue weighted by Gasteiger charge is 2.11.